The highest BCUT2D eigenvalue weighted by Gasteiger charge is 2.02. The van der Waals surface area contributed by atoms with Crippen molar-refractivity contribution in [1.82, 2.24) is 5.32 Å². The molecule has 0 spiro atoms. The number of hydrogen-bond donors (Lipinski definition) is 2. The summed E-state index contributed by atoms with van der Waals surface area (Å²) in [6, 6.07) is 6.67. The third-order valence-electron chi connectivity index (χ3n) is 2.26. The second-order valence-corrected chi connectivity index (χ2v) is 3.46. The van der Waals surface area contributed by atoms with Crippen molar-refractivity contribution in [3.63, 3.8) is 0 Å². The fourth-order valence-electron chi connectivity index (χ4n) is 1.29. The van der Waals surface area contributed by atoms with Crippen LogP contribution in [0.3, 0.4) is 0 Å². The second-order valence-electron chi connectivity index (χ2n) is 3.46. The molecule has 0 unspecified atom stereocenters. The zero-order valence-electron chi connectivity index (χ0n) is 9.19. The Labute approximate surface area is 94.3 Å². The predicted octanol–water partition coefficient (Wildman–Crippen LogP) is 1.45. The Morgan fingerprint density at radius 3 is 2.38 bits per heavy atom. The first-order valence-electron chi connectivity index (χ1n) is 5.22. The van der Waals surface area contributed by atoms with Crippen molar-refractivity contribution >= 4 is 11.9 Å². The van der Waals surface area contributed by atoms with Crippen molar-refractivity contribution < 1.29 is 14.7 Å². The molecule has 1 amide bonds. The van der Waals surface area contributed by atoms with Crippen LogP contribution in [0.1, 0.15) is 29.3 Å². The highest BCUT2D eigenvalue weighted by molar-refractivity contribution is 5.87. The minimum absolute atomic E-state index is 0.0298. The molecular weight excluding hydrogens is 206 g/mol. The molecule has 2 N–H and O–H groups in total. The molecule has 0 radical (unpaired) electrons. The summed E-state index contributed by atoms with van der Waals surface area (Å²) in [5.74, 6) is -0.895. The van der Waals surface area contributed by atoms with E-state index >= 15 is 0 Å². The molecule has 0 heterocycles. The smallest absolute Gasteiger partial charge is 0.335 e. The molecule has 0 aromatic heterocycles. The van der Waals surface area contributed by atoms with Crippen LogP contribution in [0.5, 0.6) is 0 Å². The van der Waals surface area contributed by atoms with Crippen LogP contribution in [0.15, 0.2) is 24.3 Å². The lowest BCUT2D eigenvalue weighted by molar-refractivity contribution is -0.120. The zero-order chi connectivity index (χ0) is 12.0. The van der Waals surface area contributed by atoms with Crippen molar-refractivity contribution in [2.75, 3.05) is 6.54 Å². The van der Waals surface area contributed by atoms with E-state index in [1.165, 1.54) is 0 Å². The molecule has 0 atom stereocenters. The molecule has 86 valence electrons. The molecule has 0 aliphatic rings. The average Bonchev–Trinajstić information content (AvgIpc) is 2.29. The summed E-state index contributed by atoms with van der Waals surface area (Å²) in [4.78, 5) is 21.6. The molecule has 0 aliphatic carbocycles. The molecule has 0 saturated heterocycles. The molecule has 1 aromatic carbocycles. The number of nitrogens with one attached hydrogen (secondary N) is 1. The van der Waals surface area contributed by atoms with Gasteiger partial charge in [-0.25, -0.2) is 4.79 Å². The van der Waals surface area contributed by atoms with Gasteiger partial charge in [-0.2, -0.15) is 0 Å². The summed E-state index contributed by atoms with van der Waals surface area (Å²) in [6.45, 7) is 2.38. The number of carbonyl (C=O) groups excluding carboxylic acids is 1. The van der Waals surface area contributed by atoms with Crippen LogP contribution >= 0.6 is 0 Å². The number of benzene rings is 1. The Morgan fingerprint density at radius 1 is 1.25 bits per heavy atom. The van der Waals surface area contributed by atoms with E-state index in [1.807, 2.05) is 0 Å². The van der Waals surface area contributed by atoms with Crippen molar-refractivity contribution in [2.45, 2.75) is 19.8 Å². The Morgan fingerprint density at radius 2 is 1.88 bits per heavy atom. The third-order valence-corrected chi connectivity index (χ3v) is 2.26. The van der Waals surface area contributed by atoms with Crippen molar-refractivity contribution in [3.05, 3.63) is 35.4 Å². The van der Waals surface area contributed by atoms with Gasteiger partial charge < -0.3 is 10.4 Å². The van der Waals surface area contributed by atoms with Gasteiger partial charge in [-0.3, -0.25) is 4.79 Å². The van der Waals surface area contributed by atoms with Gasteiger partial charge in [-0.05, 0) is 24.1 Å². The number of carboxylic acid groups (broad SMARTS) is 1. The molecule has 1 rings (SSSR count). The monoisotopic (exact) mass is 221 g/mol. The van der Waals surface area contributed by atoms with Gasteiger partial charge >= 0.3 is 5.97 Å². The number of carbonyl (C=O) groups is 2. The van der Waals surface area contributed by atoms with Gasteiger partial charge in [0.05, 0.1) is 5.56 Å². The lowest BCUT2D eigenvalue weighted by Gasteiger charge is -2.04. The molecule has 0 fully saturated rings. The lowest BCUT2D eigenvalue weighted by atomic mass is 10.1. The van der Waals surface area contributed by atoms with Gasteiger partial charge in [0.15, 0.2) is 0 Å². The maximum absolute atomic E-state index is 11.0. The van der Waals surface area contributed by atoms with E-state index in [-0.39, 0.29) is 11.5 Å². The quantitative estimate of drug-likeness (QED) is 0.790. The summed E-state index contributed by atoms with van der Waals surface area (Å²) in [5.41, 5.74) is 1.29. The first kappa shape index (κ1) is 12.2. The van der Waals surface area contributed by atoms with Crippen LogP contribution in [0, 0.1) is 0 Å². The van der Waals surface area contributed by atoms with E-state index in [9.17, 15) is 9.59 Å². The lowest BCUT2D eigenvalue weighted by Crippen LogP contribution is -2.24. The van der Waals surface area contributed by atoms with Gasteiger partial charge in [0.25, 0.3) is 0 Å². The second kappa shape index (κ2) is 5.90. The maximum atomic E-state index is 11.0. The molecule has 16 heavy (non-hydrogen) atoms. The van der Waals surface area contributed by atoms with Gasteiger partial charge in [0.1, 0.15) is 0 Å². The molecule has 0 aliphatic heterocycles. The molecule has 1 aromatic rings. The first-order chi connectivity index (χ1) is 7.63. The largest absolute Gasteiger partial charge is 0.478 e. The zero-order valence-corrected chi connectivity index (χ0v) is 9.19. The number of rotatable bonds is 5. The molecule has 0 bridgehead atoms. The van der Waals surface area contributed by atoms with Gasteiger partial charge in [-0.15, -0.1) is 0 Å². The van der Waals surface area contributed by atoms with Crippen LogP contribution in [-0.4, -0.2) is 23.5 Å². The Hall–Kier alpha value is -1.84. The van der Waals surface area contributed by atoms with Crippen LogP contribution in [-0.2, 0) is 11.2 Å². The average molecular weight is 221 g/mol. The normalized spacial score (nSPS) is 9.81. The fourth-order valence-corrected chi connectivity index (χ4v) is 1.29. The number of aromatic carboxylic acids is 1. The van der Waals surface area contributed by atoms with E-state index < -0.39 is 5.97 Å². The predicted molar refractivity (Wildman–Crippen MR) is 60.4 cm³/mol. The summed E-state index contributed by atoms with van der Waals surface area (Å²) < 4.78 is 0. The first-order valence-corrected chi connectivity index (χ1v) is 5.22. The standard InChI is InChI=1S/C12H15NO3/c1-2-11(14)13-8-7-9-3-5-10(6-4-9)12(15)16/h3-6H,2,7-8H2,1H3,(H,13,14)(H,15,16). The Balaban J connectivity index is 2.43. The van der Waals surface area contributed by atoms with Crippen molar-refractivity contribution in [3.8, 4) is 0 Å². The number of amides is 1. The molecule has 0 saturated carbocycles. The van der Waals surface area contributed by atoms with Gasteiger partial charge in [-0.1, -0.05) is 19.1 Å². The van der Waals surface area contributed by atoms with Gasteiger partial charge in [0.2, 0.25) is 5.91 Å². The van der Waals surface area contributed by atoms with E-state index in [1.54, 1.807) is 31.2 Å². The minimum Gasteiger partial charge on any atom is -0.478 e. The molecule has 4 heteroatoms. The highest BCUT2D eigenvalue weighted by atomic mass is 16.4. The van der Waals surface area contributed by atoms with Crippen LogP contribution in [0.4, 0.5) is 0 Å². The van der Waals surface area contributed by atoms with Gasteiger partial charge in [0, 0.05) is 13.0 Å². The fraction of sp³-hybridized carbons (Fsp3) is 0.333. The van der Waals surface area contributed by atoms with Crippen molar-refractivity contribution in [2.24, 2.45) is 0 Å². The molecular formula is C12H15NO3. The summed E-state index contributed by atoms with van der Waals surface area (Å²) in [5, 5.41) is 11.5. The number of carboxylic acids is 1. The SMILES string of the molecule is CCC(=O)NCCc1ccc(C(=O)O)cc1. The van der Waals surface area contributed by atoms with Crippen LogP contribution in [0.2, 0.25) is 0 Å². The number of hydrogen-bond acceptors (Lipinski definition) is 2. The topological polar surface area (TPSA) is 66.4 Å². The molecule has 4 nitrogen and oxygen atoms in total. The van der Waals surface area contributed by atoms with Crippen molar-refractivity contribution in [1.29, 1.82) is 0 Å². The Bertz CT molecular complexity index is 370. The van der Waals surface area contributed by atoms with E-state index in [0.717, 1.165) is 5.56 Å². The van der Waals surface area contributed by atoms with E-state index in [4.69, 9.17) is 5.11 Å². The van der Waals surface area contributed by atoms with E-state index in [2.05, 4.69) is 5.32 Å². The summed E-state index contributed by atoms with van der Waals surface area (Å²) in [7, 11) is 0. The Kier molecular flexibility index (Phi) is 4.51. The summed E-state index contributed by atoms with van der Waals surface area (Å²) >= 11 is 0. The van der Waals surface area contributed by atoms with Crippen LogP contribution < -0.4 is 5.32 Å². The maximum Gasteiger partial charge on any atom is 0.335 e. The highest BCUT2D eigenvalue weighted by Crippen LogP contribution is 2.04. The summed E-state index contributed by atoms with van der Waals surface area (Å²) in [6.07, 6.45) is 1.20. The minimum atomic E-state index is -0.925. The van der Waals surface area contributed by atoms with Crippen LogP contribution in [0.25, 0.3) is 0 Å². The third kappa shape index (κ3) is 3.73. The van der Waals surface area contributed by atoms with E-state index in [0.29, 0.717) is 19.4 Å².